The number of fused-ring (bicyclic) bond motifs is 1. The standard InChI is InChI=1S/C19H25O2P/c1-19-11-5-8-15(16(19)9-10-17(19)22)12-18(20)21-13-14-6-3-2-4-7-14/h2-4,6-7,12,16-17H,5,8-11,13,22H2,1H3/b15-12+/t16-,17-,19-/m0/s1. The second-order valence-corrected chi connectivity index (χ2v) is 7.71. The van der Waals surface area contributed by atoms with E-state index in [9.17, 15) is 4.79 Å². The number of hydrogen-bond acceptors (Lipinski definition) is 2. The zero-order chi connectivity index (χ0) is 15.6. The van der Waals surface area contributed by atoms with Crippen molar-refractivity contribution in [2.24, 2.45) is 11.3 Å². The molecule has 3 heteroatoms. The molecule has 2 fully saturated rings. The number of ether oxygens (including phenoxy) is 1. The summed E-state index contributed by atoms with van der Waals surface area (Å²) < 4.78 is 5.42. The van der Waals surface area contributed by atoms with Gasteiger partial charge in [-0.25, -0.2) is 4.79 Å². The Morgan fingerprint density at radius 3 is 2.91 bits per heavy atom. The van der Waals surface area contributed by atoms with Gasteiger partial charge in [-0.1, -0.05) is 42.8 Å². The molecule has 3 rings (SSSR count). The molecule has 0 amide bonds. The topological polar surface area (TPSA) is 26.3 Å². The van der Waals surface area contributed by atoms with Crippen molar-refractivity contribution in [1.29, 1.82) is 0 Å². The number of hydrogen-bond donors (Lipinski definition) is 0. The molecule has 2 nitrogen and oxygen atoms in total. The smallest absolute Gasteiger partial charge is 0.331 e. The fourth-order valence-corrected chi connectivity index (χ4v) is 4.77. The summed E-state index contributed by atoms with van der Waals surface area (Å²) in [6.45, 7) is 2.75. The molecule has 0 spiro atoms. The third-order valence-electron chi connectivity index (χ3n) is 5.57. The second kappa shape index (κ2) is 6.54. The van der Waals surface area contributed by atoms with Gasteiger partial charge < -0.3 is 4.74 Å². The van der Waals surface area contributed by atoms with Crippen molar-refractivity contribution in [3.63, 3.8) is 0 Å². The molecule has 0 aliphatic heterocycles. The molecule has 1 unspecified atom stereocenters. The molecule has 0 bridgehead atoms. The number of carbonyl (C=O) groups is 1. The molecule has 2 saturated carbocycles. The fourth-order valence-electron chi connectivity index (χ4n) is 4.17. The second-order valence-electron chi connectivity index (χ2n) is 6.91. The summed E-state index contributed by atoms with van der Waals surface area (Å²) >= 11 is 0. The molecule has 4 atom stereocenters. The van der Waals surface area contributed by atoms with Gasteiger partial charge in [0, 0.05) is 6.08 Å². The molecule has 1 aromatic carbocycles. The third-order valence-corrected chi connectivity index (χ3v) is 6.66. The summed E-state index contributed by atoms with van der Waals surface area (Å²) in [4.78, 5) is 12.2. The predicted molar refractivity (Wildman–Crippen MR) is 92.5 cm³/mol. The van der Waals surface area contributed by atoms with Crippen molar-refractivity contribution in [3.8, 4) is 0 Å². The van der Waals surface area contributed by atoms with E-state index >= 15 is 0 Å². The van der Waals surface area contributed by atoms with Crippen molar-refractivity contribution in [1.82, 2.24) is 0 Å². The van der Waals surface area contributed by atoms with Gasteiger partial charge in [0.15, 0.2) is 0 Å². The minimum atomic E-state index is -0.185. The van der Waals surface area contributed by atoms with Gasteiger partial charge in [-0.3, -0.25) is 0 Å². The summed E-state index contributed by atoms with van der Waals surface area (Å²) in [6, 6.07) is 9.86. The van der Waals surface area contributed by atoms with E-state index in [-0.39, 0.29) is 5.97 Å². The molecule has 118 valence electrons. The zero-order valence-corrected chi connectivity index (χ0v) is 14.4. The van der Waals surface area contributed by atoms with Crippen LogP contribution in [0.1, 0.15) is 44.6 Å². The van der Waals surface area contributed by atoms with Gasteiger partial charge >= 0.3 is 5.97 Å². The van der Waals surface area contributed by atoms with Crippen molar-refractivity contribution in [3.05, 3.63) is 47.5 Å². The molecule has 0 heterocycles. The minimum Gasteiger partial charge on any atom is -0.458 e. The molecular formula is C19H25O2P. The van der Waals surface area contributed by atoms with E-state index in [1.54, 1.807) is 6.08 Å². The normalized spacial score (nSPS) is 32.7. The van der Waals surface area contributed by atoms with Crippen LogP contribution >= 0.6 is 9.24 Å². The zero-order valence-electron chi connectivity index (χ0n) is 13.3. The highest BCUT2D eigenvalue weighted by Crippen LogP contribution is 2.56. The van der Waals surface area contributed by atoms with E-state index in [1.165, 1.54) is 31.3 Å². The van der Waals surface area contributed by atoms with Crippen LogP contribution in [0.2, 0.25) is 0 Å². The first-order chi connectivity index (χ1) is 10.6. The third kappa shape index (κ3) is 3.13. The lowest BCUT2D eigenvalue weighted by atomic mass is 9.67. The number of benzene rings is 1. The molecule has 2 aliphatic carbocycles. The van der Waals surface area contributed by atoms with Gasteiger partial charge in [0.25, 0.3) is 0 Å². The maximum atomic E-state index is 12.2. The number of carbonyl (C=O) groups excluding carboxylic acids is 1. The fraction of sp³-hybridized carbons (Fsp3) is 0.526. The number of allylic oxidation sites excluding steroid dienone is 1. The molecule has 0 saturated heterocycles. The predicted octanol–water partition coefficient (Wildman–Crippen LogP) is 4.50. The van der Waals surface area contributed by atoms with E-state index in [2.05, 4.69) is 16.2 Å². The SMILES string of the molecule is C[C@]12CCC/C(=C\C(=O)OCc3ccccc3)[C@@H]1CC[C@@H]2P. The lowest BCUT2D eigenvalue weighted by molar-refractivity contribution is -0.139. The van der Waals surface area contributed by atoms with Gasteiger partial charge in [-0.15, -0.1) is 9.24 Å². The summed E-state index contributed by atoms with van der Waals surface area (Å²) in [6.07, 6.45) is 7.77. The molecule has 1 aromatic rings. The Labute approximate surface area is 135 Å². The highest BCUT2D eigenvalue weighted by atomic mass is 31.0. The van der Waals surface area contributed by atoms with E-state index in [0.29, 0.717) is 23.6 Å². The Hall–Kier alpha value is -1.14. The van der Waals surface area contributed by atoms with Crippen molar-refractivity contribution in [2.75, 3.05) is 0 Å². The quantitative estimate of drug-likeness (QED) is 0.466. The van der Waals surface area contributed by atoms with Crippen molar-refractivity contribution >= 4 is 15.2 Å². The van der Waals surface area contributed by atoms with Crippen LogP contribution in [0.3, 0.4) is 0 Å². The Bertz CT molecular complexity index is 566. The maximum Gasteiger partial charge on any atom is 0.331 e. The molecule has 0 N–H and O–H groups in total. The van der Waals surface area contributed by atoms with Gasteiger partial charge in [0.2, 0.25) is 0 Å². The summed E-state index contributed by atoms with van der Waals surface area (Å²) in [7, 11) is 3.03. The Balaban J connectivity index is 1.65. The average Bonchev–Trinajstić information content (AvgIpc) is 2.83. The lowest BCUT2D eigenvalue weighted by Crippen LogP contribution is -2.33. The number of rotatable bonds is 3. The van der Waals surface area contributed by atoms with Crippen LogP contribution in [0.5, 0.6) is 0 Å². The monoisotopic (exact) mass is 316 g/mol. The molecule has 0 radical (unpaired) electrons. The molecule has 2 aliphatic rings. The molecule has 22 heavy (non-hydrogen) atoms. The van der Waals surface area contributed by atoms with Crippen LogP contribution in [0.25, 0.3) is 0 Å². The lowest BCUT2D eigenvalue weighted by Gasteiger charge is -2.41. The van der Waals surface area contributed by atoms with E-state index < -0.39 is 0 Å². The summed E-state index contributed by atoms with van der Waals surface area (Å²) in [5.74, 6) is 0.378. The van der Waals surface area contributed by atoms with Crippen LogP contribution in [0.4, 0.5) is 0 Å². The van der Waals surface area contributed by atoms with Crippen molar-refractivity contribution in [2.45, 2.75) is 51.3 Å². The minimum absolute atomic E-state index is 0.185. The van der Waals surface area contributed by atoms with Crippen LogP contribution in [-0.4, -0.2) is 11.6 Å². The van der Waals surface area contributed by atoms with E-state index in [0.717, 1.165) is 12.0 Å². The van der Waals surface area contributed by atoms with E-state index in [1.807, 2.05) is 30.3 Å². The van der Waals surface area contributed by atoms with Gasteiger partial charge in [0.1, 0.15) is 6.61 Å². The van der Waals surface area contributed by atoms with Crippen LogP contribution < -0.4 is 0 Å². The van der Waals surface area contributed by atoms with Gasteiger partial charge in [-0.05, 0) is 54.7 Å². The van der Waals surface area contributed by atoms with Crippen LogP contribution in [0.15, 0.2) is 42.0 Å². The first-order valence-corrected chi connectivity index (χ1v) is 8.93. The molecular weight excluding hydrogens is 291 g/mol. The number of esters is 1. The molecule has 0 aromatic heterocycles. The average molecular weight is 316 g/mol. The first-order valence-electron chi connectivity index (χ1n) is 8.26. The highest BCUT2D eigenvalue weighted by Gasteiger charge is 2.47. The van der Waals surface area contributed by atoms with Gasteiger partial charge in [-0.2, -0.15) is 0 Å². The maximum absolute atomic E-state index is 12.2. The van der Waals surface area contributed by atoms with Crippen LogP contribution in [0, 0.1) is 11.3 Å². The Kier molecular flexibility index (Phi) is 4.68. The van der Waals surface area contributed by atoms with Crippen molar-refractivity contribution < 1.29 is 9.53 Å². The largest absolute Gasteiger partial charge is 0.458 e. The van der Waals surface area contributed by atoms with Gasteiger partial charge in [0.05, 0.1) is 0 Å². The summed E-state index contributed by atoms with van der Waals surface area (Å²) in [5, 5.41) is 0. The van der Waals surface area contributed by atoms with E-state index in [4.69, 9.17) is 4.74 Å². The van der Waals surface area contributed by atoms with Crippen LogP contribution in [-0.2, 0) is 16.1 Å². The Morgan fingerprint density at radius 2 is 2.14 bits per heavy atom. The first kappa shape index (κ1) is 15.7. The summed E-state index contributed by atoms with van der Waals surface area (Å²) in [5.41, 5.74) is 3.39. The highest BCUT2D eigenvalue weighted by molar-refractivity contribution is 7.17. The Morgan fingerprint density at radius 1 is 1.36 bits per heavy atom.